The second-order valence-electron chi connectivity index (χ2n) is 12.9. The van der Waals surface area contributed by atoms with Crippen molar-refractivity contribution in [1.29, 1.82) is 0 Å². The molecular formula is C35H46ClN9O. The maximum absolute atomic E-state index is 12.5. The van der Waals surface area contributed by atoms with Crippen LogP contribution in [0.1, 0.15) is 50.1 Å². The summed E-state index contributed by atoms with van der Waals surface area (Å²) in [7, 11) is 0. The number of piperidine rings is 1. The number of benzene rings is 2. The van der Waals surface area contributed by atoms with Crippen LogP contribution in [0.2, 0.25) is 0 Å². The van der Waals surface area contributed by atoms with E-state index in [1.807, 2.05) is 36.7 Å². The number of nitrogens with one attached hydrogen (secondary N) is 3. The van der Waals surface area contributed by atoms with Gasteiger partial charge in [0.05, 0.1) is 12.7 Å². The molecule has 0 bridgehead atoms. The Morgan fingerprint density at radius 3 is 2.43 bits per heavy atom. The highest BCUT2D eigenvalue weighted by atomic mass is 35.5. The first kappa shape index (κ1) is 32.2. The number of carbonyl (C=O) groups excluding carboxylic acids is 1. The number of fused-ring (bicyclic) bond motifs is 1. The van der Waals surface area contributed by atoms with Crippen molar-refractivity contribution < 1.29 is 4.79 Å². The molecule has 2 aromatic heterocycles. The molecule has 0 atom stereocenters. The average molecular weight is 644 g/mol. The van der Waals surface area contributed by atoms with E-state index in [9.17, 15) is 4.79 Å². The standard InChI is InChI=1S/C35H45N9O.ClH/c45-32(21-27-5-2-1-3-6-27)40-29-22-31(23-29)44-25-39-33-34(37-24-38-35(33)44)41-28-8-10-30(11-9-28)43-19-17-42(18-20-43)16-4-7-26-12-14-36-15-13-26;/h1-3,5-6,8-11,24-26,29,31,36H,4,7,12-23H2,(H,40,45)(H,37,38,41);1H. The van der Waals surface area contributed by atoms with Gasteiger partial charge < -0.3 is 25.4 Å². The molecule has 46 heavy (non-hydrogen) atoms. The SMILES string of the molecule is Cl.O=C(Cc1ccccc1)NC1CC(n2cnc3c(Nc4ccc(N5CCN(CCCC6CCNCC6)CC5)cc4)ncnc32)C1. The maximum Gasteiger partial charge on any atom is 0.224 e. The smallest absolute Gasteiger partial charge is 0.224 e. The van der Waals surface area contributed by atoms with Crippen molar-refractivity contribution in [2.75, 3.05) is 56.0 Å². The van der Waals surface area contributed by atoms with Gasteiger partial charge in [-0.05, 0) is 93.9 Å². The summed E-state index contributed by atoms with van der Waals surface area (Å²) >= 11 is 0. The van der Waals surface area contributed by atoms with Crippen molar-refractivity contribution in [2.45, 2.75) is 57.0 Å². The second-order valence-corrected chi connectivity index (χ2v) is 12.9. The van der Waals surface area contributed by atoms with E-state index in [0.717, 1.165) is 67.4 Å². The van der Waals surface area contributed by atoms with Crippen LogP contribution in [0.25, 0.3) is 11.2 Å². The highest BCUT2D eigenvalue weighted by Gasteiger charge is 2.33. The zero-order chi connectivity index (χ0) is 30.4. The first-order valence-corrected chi connectivity index (χ1v) is 16.7. The monoisotopic (exact) mass is 643 g/mol. The van der Waals surface area contributed by atoms with Gasteiger partial charge in [0.2, 0.25) is 5.91 Å². The molecule has 4 heterocycles. The fraction of sp³-hybridized carbons (Fsp3) is 0.486. The Morgan fingerprint density at radius 1 is 0.913 bits per heavy atom. The summed E-state index contributed by atoms with van der Waals surface area (Å²) < 4.78 is 2.12. The van der Waals surface area contributed by atoms with Crippen LogP contribution in [0.15, 0.2) is 67.3 Å². The van der Waals surface area contributed by atoms with E-state index < -0.39 is 0 Å². The molecule has 3 N–H and O–H groups in total. The molecule has 1 amide bonds. The summed E-state index contributed by atoms with van der Waals surface area (Å²) in [5.41, 5.74) is 4.85. The van der Waals surface area contributed by atoms with Gasteiger partial charge in [0, 0.05) is 49.6 Å². The predicted molar refractivity (Wildman–Crippen MR) is 186 cm³/mol. The lowest BCUT2D eigenvalue weighted by Gasteiger charge is -2.36. The molecule has 0 unspecified atom stereocenters. The molecular weight excluding hydrogens is 598 g/mol. The Balaban J connectivity index is 0.00000372. The highest BCUT2D eigenvalue weighted by Crippen LogP contribution is 2.35. The third-order valence-corrected chi connectivity index (χ3v) is 9.85. The number of piperazine rings is 1. The number of amides is 1. The molecule has 2 saturated heterocycles. The number of rotatable bonds is 11. The number of aromatic nitrogens is 4. The second kappa shape index (κ2) is 15.2. The normalized spacial score (nSPS) is 20.6. The van der Waals surface area contributed by atoms with Crippen LogP contribution < -0.4 is 20.9 Å². The van der Waals surface area contributed by atoms with Crippen LogP contribution in [0.4, 0.5) is 17.2 Å². The quantitative estimate of drug-likeness (QED) is 0.211. The third-order valence-electron chi connectivity index (χ3n) is 9.85. The van der Waals surface area contributed by atoms with Gasteiger partial charge in [0.15, 0.2) is 17.0 Å². The summed E-state index contributed by atoms with van der Waals surface area (Å²) in [5.74, 6) is 1.70. The van der Waals surface area contributed by atoms with Crippen molar-refractivity contribution in [3.8, 4) is 0 Å². The first-order chi connectivity index (χ1) is 22.2. The van der Waals surface area contributed by atoms with E-state index in [0.29, 0.717) is 12.2 Å². The van der Waals surface area contributed by atoms with Gasteiger partial charge in [0.25, 0.3) is 0 Å². The van der Waals surface area contributed by atoms with Gasteiger partial charge in [-0.25, -0.2) is 15.0 Å². The molecule has 3 aliphatic rings. The average Bonchev–Trinajstić information content (AvgIpc) is 3.49. The molecule has 11 heteroatoms. The number of halogens is 1. The van der Waals surface area contributed by atoms with Crippen molar-refractivity contribution >= 4 is 46.7 Å². The largest absolute Gasteiger partial charge is 0.369 e. The van der Waals surface area contributed by atoms with E-state index >= 15 is 0 Å². The van der Waals surface area contributed by atoms with E-state index in [2.05, 4.69) is 69.5 Å². The third kappa shape index (κ3) is 7.79. The molecule has 7 rings (SSSR count). The molecule has 244 valence electrons. The molecule has 1 saturated carbocycles. The lowest BCUT2D eigenvalue weighted by Crippen LogP contribution is -2.46. The molecule has 0 spiro atoms. The van der Waals surface area contributed by atoms with Gasteiger partial charge >= 0.3 is 0 Å². The lowest BCUT2D eigenvalue weighted by molar-refractivity contribution is -0.121. The molecule has 1 aliphatic carbocycles. The number of hydrogen-bond donors (Lipinski definition) is 3. The van der Waals surface area contributed by atoms with E-state index in [-0.39, 0.29) is 30.4 Å². The van der Waals surface area contributed by atoms with Crippen LogP contribution in [0.5, 0.6) is 0 Å². The van der Waals surface area contributed by atoms with Crippen LogP contribution >= 0.6 is 12.4 Å². The summed E-state index contributed by atoms with van der Waals surface area (Å²) in [6.45, 7) is 8.05. The van der Waals surface area contributed by atoms with Crippen LogP contribution in [-0.2, 0) is 11.2 Å². The molecule has 10 nitrogen and oxygen atoms in total. The number of hydrogen-bond acceptors (Lipinski definition) is 8. The van der Waals surface area contributed by atoms with Crippen LogP contribution in [-0.4, -0.2) is 82.2 Å². The number of nitrogens with zero attached hydrogens (tertiary/aromatic N) is 6. The topological polar surface area (TPSA) is 103 Å². The van der Waals surface area contributed by atoms with Crippen molar-refractivity contribution in [3.05, 3.63) is 72.8 Å². The van der Waals surface area contributed by atoms with Crippen LogP contribution in [0.3, 0.4) is 0 Å². The van der Waals surface area contributed by atoms with Crippen molar-refractivity contribution in [3.63, 3.8) is 0 Å². The van der Waals surface area contributed by atoms with E-state index in [4.69, 9.17) is 0 Å². The fourth-order valence-electron chi connectivity index (χ4n) is 7.10. The Kier molecular flexibility index (Phi) is 10.7. The Morgan fingerprint density at radius 2 is 1.67 bits per heavy atom. The van der Waals surface area contributed by atoms with E-state index in [1.54, 1.807) is 6.33 Å². The number of carbonyl (C=O) groups is 1. The maximum atomic E-state index is 12.5. The number of imidazole rings is 1. The molecule has 2 aliphatic heterocycles. The Bertz CT molecular complexity index is 1540. The van der Waals surface area contributed by atoms with Crippen molar-refractivity contribution in [2.24, 2.45) is 5.92 Å². The molecule has 0 radical (unpaired) electrons. The first-order valence-electron chi connectivity index (χ1n) is 16.7. The lowest BCUT2D eigenvalue weighted by atomic mass is 9.86. The fourth-order valence-corrected chi connectivity index (χ4v) is 7.10. The minimum absolute atomic E-state index is 0. The zero-order valence-corrected chi connectivity index (χ0v) is 27.3. The summed E-state index contributed by atoms with van der Waals surface area (Å²) in [4.78, 5) is 31.4. The summed E-state index contributed by atoms with van der Waals surface area (Å²) in [6, 6.07) is 19.0. The number of anilines is 3. The van der Waals surface area contributed by atoms with Crippen LogP contribution in [0, 0.1) is 5.92 Å². The van der Waals surface area contributed by atoms with Gasteiger partial charge in [-0.3, -0.25) is 9.69 Å². The van der Waals surface area contributed by atoms with Gasteiger partial charge in [-0.15, -0.1) is 12.4 Å². The predicted octanol–water partition coefficient (Wildman–Crippen LogP) is 4.96. The van der Waals surface area contributed by atoms with Gasteiger partial charge in [0.1, 0.15) is 6.33 Å². The Hall–Kier alpha value is -3.73. The summed E-state index contributed by atoms with van der Waals surface area (Å²) in [5, 5.41) is 10.1. The molecule has 4 aromatic rings. The molecule has 2 aromatic carbocycles. The van der Waals surface area contributed by atoms with Crippen molar-refractivity contribution in [1.82, 2.24) is 35.1 Å². The minimum Gasteiger partial charge on any atom is -0.369 e. The van der Waals surface area contributed by atoms with Gasteiger partial charge in [-0.1, -0.05) is 30.3 Å². The van der Waals surface area contributed by atoms with Gasteiger partial charge in [-0.2, -0.15) is 0 Å². The zero-order valence-electron chi connectivity index (χ0n) is 26.5. The summed E-state index contributed by atoms with van der Waals surface area (Å²) in [6.07, 6.45) is 11.0. The minimum atomic E-state index is 0. The Labute approximate surface area is 277 Å². The highest BCUT2D eigenvalue weighted by molar-refractivity contribution is 5.86. The van der Waals surface area contributed by atoms with E-state index in [1.165, 1.54) is 51.0 Å². The molecule has 3 fully saturated rings.